The highest BCUT2D eigenvalue weighted by Crippen LogP contribution is 2.40. The van der Waals surface area contributed by atoms with Crippen LogP contribution in [-0.2, 0) is 0 Å². The maximum Gasteiger partial charge on any atom is 0.162 e. The molecule has 2 saturated heterocycles. The monoisotopic (exact) mass is 362 g/mol. The predicted octanol–water partition coefficient (Wildman–Crippen LogP) is 2.37. The molecule has 138 valence electrons. The number of nitrogens with zero attached hydrogens (tertiary/aromatic N) is 5. The van der Waals surface area contributed by atoms with E-state index < -0.39 is 0 Å². The molecule has 0 aromatic carbocycles. The summed E-state index contributed by atoms with van der Waals surface area (Å²) in [6.45, 7) is 4.11. The van der Waals surface area contributed by atoms with Gasteiger partial charge in [0.05, 0.1) is 23.3 Å². The lowest BCUT2D eigenvalue weighted by molar-refractivity contribution is 0.247. The van der Waals surface area contributed by atoms with Crippen LogP contribution in [0.15, 0.2) is 36.9 Å². The van der Waals surface area contributed by atoms with E-state index in [2.05, 4.69) is 25.2 Å². The van der Waals surface area contributed by atoms with Crippen molar-refractivity contribution in [3.05, 3.63) is 36.9 Å². The maximum absolute atomic E-state index is 10.5. The zero-order chi connectivity index (χ0) is 18.3. The van der Waals surface area contributed by atoms with Crippen LogP contribution in [0.5, 0.6) is 5.75 Å². The van der Waals surface area contributed by atoms with Crippen molar-refractivity contribution in [3.63, 3.8) is 0 Å². The third-order valence-electron chi connectivity index (χ3n) is 5.96. The van der Waals surface area contributed by atoms with Gasteiger partial charge in [-0.2, -0.15) is 0 Å². The molecule has 2 aliphatic heterocycles. The molecule has 3 aromatic heterocycles. The average Bonchev–Trinajstić information content (AvgIpc) is 3.17. The number of piperidine rings is 1. The minimum absolute atomic E-state index is 0.131. The Balaban J connectivity index is 1.58. The smallest absolute Gasteiger partial charge is 0.162 e. The van der Waals surface area contributed by atoms with Crippen LogP contribution >= 0.6 is 0 Å². The molecule has 5 rings (SSSR count). The fourth-order valence-corrected chi connectivity index (χ4v) is 4.32. The summed E-state index contributed by atoms with van der Waals surface area (Å²) in [4.78, 5) is 20.0. The molecule has 0 atom stereocenters. The van der Waals surface area contributed by atoms with Crippen molar-refractivity contribution >= 4 is 16.7 Å². The highest BCUT2D eigenvalue weighted by Gasteiger charge is 2.37. The van der Waals surface area contributed by atoms with Crippen LogP contribution in [0, 0.1) is 5.41 Å². The van der Waals surface area contributed by atoms with E-state index in [4.69, 9.17) is 4.98 Å². The second kappa shape index (κ2) is 6.42. The Bertz CT molecular complexity index is 961. The zero-order valence-electron chi connectivity index (χ0n) is 15.1. The molecule has 2 aliphatic rings. The van der Waals surface area contributed by atoms with Gasteiger partial charge in [-0.1, -0.05) is 0 Å². The van der Waals surface area contributed by atoms with Crippen LogP contribution in [0.3, 0.4) is 0 Å². The SMILES string of the molecule is Oc1cncc2nc(-c3ccncc3)nc(N3CCC4(CCNC4)CC3)c12. The van der Waals surface area contributed by atoms with E-state index in [-0.39, 0.29) is 5.75 Å². The molecule has 2 N–H and O–H groups in total. The normalized spacial score (nSPS) is 19.0. The molecular weight excluding hydrogens is 340 g/mol. The molecule has 5 heterocycles. The van der Waals surface area contributed by atoms with Gasteiger partial charge in [-0.15, -0.1) is 0 Å². The minimum Gasteiger partial charge on any atom is -0.505 e. The van der Waals surface area contributed by atoms with Crippen molar-refractivity contribution in [2.75, 3.05) is 31.1 Å². The number of hydrogen-bond acceptors (Lipinski definition) is 7. The van der Waals surface area contributed by atoms with Gasteiger partial charge in [0.1, 0.15) is 11.6 Å². The molecule has 7 heteroatoms. The Morgan fingerprint density at radius 1 is 1.00 bits per heavy atom. The van der Waals surface area contributed by atoms with E-state index in [0.29, 0.717) is 22.1 Å². The van der Waals surface area contributed by atoms with Crippen LogP contribution in [0.1, 0.15) is 19.3 Å². The number of aromatic nitrogens is 4. The Morgan fingerprint density at radius 2 is 1.81 bits per heavy atom. The summed E-state index contributed by atoms with van der Waals surface area (Å²) < 4.78 is 0. The molecule has 1 spiro atoms. The first-order chi connectivity index (χ1) is 13.2. The Labute approximate surface area is 157 Å². The quantitative estimate of drug-likeness (QED) is 0.724. The molecule has 0 saturated carbocycles. The van der Waals surface area contributed by atoms with E-state index in [1.165, 1.54) is 12.6 Å². The number of nitrogens with one attached hydrogen (secondary N) is 1. The number of aromatic hydroxyl groups is 1. The summed E-state index contributed by atoms with van der Waals surface area (Å²) in [5.74, 6) is 1.56. The lowest BCUT2D eigenvalue weighted by Crippen LogP contribution is -2.41. The number of anilines is 1. The molecule has 0 bridgehead atoms. The fraction of sp³-hybridized carbons (Fsp3) is 0.400. The minimum atomic E-state index is 0.131. The summed E-state index contributed by atoms with van der Waals surface area (Å²) in [5, 5.41) is 14.7. The predicted molar refractivity (Wildman–Crippen MR) is 104 cm³/mol. The van der Waals surface area contributed by atoms with E-state index in [1.54, 1.807) is 18.6 Å². The van der Waals surface area contributed by atoms with Gasteiger partial charge in [-0.05, 0) is 43.4 Å². The van der Waals surface area contributed by atoms with Crippen LogP contribution in [0.25, 0.3) is 22.3 Å². The average molecular weight is 362 g/mol. The summed E-state index contributed by atoms with van der Waals surface area (Å²) >= 11 is 0. The topological polar surface area (TPSA) is 87.1 Å². The van der Waals surface area contributed by atoms with Crippen molar-refractivity contribution < 1.29 is 5.11 Å². The Kier molecular flexibility index (Phi) is 3.89. The summed E-state index contributed by atoms with van der Waals surface area (Å²) in [5.41, 5.74) is 2.00. The molecule has 3 aromatic rings. The fourth-order valence-electron chi connectivity index (χ4n) is 4.32. The Hall–Kier alpha value is -2.80. The number of fused-ring (bicyclic) bond motifs is 1. The lowest BCUT2D eigenvalue weighted by Gasteiger charge is -2.39. The highest BCUT2D eigenvalue weighted by atomic mass is 16.3. The number of pyridine rings is 2. The molecular formula is C20H22N6O. The molecule has 0 amide bonds. The van der Waals surface area contributed by atoms with Gasteiger partial charge < -0.3 is 15.3 Å². The van der Waals surface area contributed by atoms with Crippen LogP contribution in [0.2, 0.25) is 0 Å². The van der Waals surface area contributed by atoms with Crippen LogP contribution in [-0.4, -0.2) is 51.2 Å². The largest absolute Gasteiger partial charge is 0.505 e. The Morgan fingerprint density at radius 3 is 2.56 bits per heavy atom. The van der Waals surface area contributed by atoms with Gasteiger partial charge in [0.15, 0.2) is 5.82 Å². The zero-order valence-corrected chi connectivity index (χ0v) is 15.1. The van der Waals surface area contributed by atoms with Crippen molar-refractivity contribution in [1.82, 2.24) is 25.3 Å². The van der Waals surface area contributed by atoms with E-state index in [0.717, 1.165) is 50.4 Å². The van der Waals surface area contributed by atoms with Gasteiger partial charge in [-0.3, -0.25) is 9.97 Å². The van der Waals surface area contributed by atoms with Gasteiger partial charge >= 0.3 is 0 Å². The van der Waals surface area contributed by atoms with E-state index >= 15 is 0 Å². The third-order valence-corrected chi connectivity index (χ3v) is 5.96. The van der Waals surface area contributed by atoms with Crippen molar-refractivity contribution in [3.8, 4) is 17.1 Å². The second-order valence-corrected chi connectivity index (χ2v) is 7.57. The number of rotatable bonds is 2. The van der Waals surface area contributed by atoms with Gasteiger partial charge in [-0.25, -0.2) is 9.97 Å². The molecule has 0 unspecified atom stereocenters. The molecule has 0 aliphatic carbocycles. The summed E-state index contributed by atoms with van der Waals surface area (Å²) in [6, 6.07) is 3.80. The van der Waals surface area contributed by atoms with Crippen LogP contribution in [0.4, 0.5) is 5.82 Å². The summed E-state index contributed by atoms with van der Waals surface area (Å²) in [7, 11) is 0. The molecule has 2 fully saturated rings. The highest BCUT2D eigenvalue weighted by molar-refractivity contribution is 5.95. The first kappa shape index (κ1) is 16.4. The number of hydrogen-bond donors (Lipinski definition) is 2. The van der Waals surface area contributed by atoms with Gasteiger partial charge in [0, 0.05) is 37.6 Å². The molecule has 27 heavy (non-hydrogen) atoms. The van der Waals surface area contributed by atoms with Crippen molar-refractivity contribution in [2.45, 2.75) is 19.3 Å². The van der Waals surface area contributed by atoms with E-state index in [1.807, 2.05) is 12.1 Å². The first-order valence-electron chi connectivity index (χ1n) is 9.45. The second-order valence-electron chi connectivity index (χ2n) is 7.57. The van der Waals surface area contributed by atoms with Gasteiger partial charge in [0.2, 0.25) is 0 Å². The molecule has 7 nitrogen and oxygen atoms in total. The summed E-state index contributed by atoms with van der Waals surface area (Å²) in [6.07, 6.45) is 10.2. The van der Waals surface area contributed by atoms with Crippen LogP contribution < -0.4 is 10.2 Å². The molecule has 0 radical (unpaired) electrons. The van der Waals surface area contributed by atoms with Gasteiger partial charge in [0.25, 0.3) is 0 Å². The standard InChI is InChI=1S/C20H22N6O/c27-16-12-23-11-15-17(16)19(25-18(24-15)14-1-6-21-7-2-14)26-9-4-20(5-10-26)3-8-22-13-20/h1-2,6-7,11-12,22,27H,3-5,8-10,13H2. The first-order valence-corrected chi connectivity index (χ1v) is 9.45. The van der Waals surface area contributed by atoms with E-state index in [9.17, 15) is 5.11 Å². The third kappa shape index (κ3) is 2.88. The van der Waals surface area contributed by atoms with Crippen molar-refractivity contribution in [2.24, 2.45) is 5.41 Å². The lowest BCUT2D eigenvalue weighted by atomic mass is 9.78. The maximum atomic E-state index is 10.5. The van der Waals surface area contributed by atoms with Crippen molar-refractivity contribution in [1.29, 1.82) is 0 Å².